The van der Waals surface area contributed by atoms with Crippen LogP contribution in [0.4, 0.5) is 0 Å². The summed E-state index contributed by atoms with van der Waals surface area (Å²) in [7, 11) is 0. The zero-order valence-corrected chi connectivity index (χ0v) is 9.19. The molecule has 4 rings (SSSR count). The molecule has 0 aliphatic heterocycles. The molecule has 2 atom stereocenters. The Kier molecular flexibility index (Phi) is 1.59. The van der Waals surface area contributed by atoms with E-state index in [0.717, 1.165) is 18.3 Å². The van der Waals surface area contributed by atoms with Crippen molar-refractivity contribution in [3.8, 4) is 0 Å². The van der Waals surface area contributed by atoms with Gasteiger partial charge in [-0.05, 0) is 46.9 Å². The summed E-state index contributed by atoms with van der Waals surface area (Å²) < 4.78 is 0. The van der Waals surface area contributed by atoms with Crippen molar-refractivity contribution in [1.29, 1.82) is 0 Å². The molecule has 2 aromatic rings. The zero-order valence-electron chi connectivity index (χ0n) is 9.19. The highest BCUT2D eigenvalue weighted by Gasteiger charge is 2.42. The van der Waals surface area contributed by atoms with E-state index in [1.807, 2.05) is 0 Å². The molecular formula is C16H14. The zero-order chi connectivity index (χ0) is 10.5. The molecule has 2 aliphatic carbocycles. The van der Waals surface area contributed by atoms with Crippen LogP contribution in [-0.4, -0.2) is 0 Å². The Morgan fingerprint density at radius 1 is 0.688 bits per heavy atom. The van der Waals surface area contributed by atoms with Crippen LogP contribution in [0, 0.1) is 0 Å². The summed E-state index contributed by atoms with van der Waals surface area (Å²) in [6.07, 6.45) is 2.48. The van der Waals surface area contributed by atoms with E-state index in [-0.39, 0.29) is 0 Å². The molecule has 0 heterocycles. The molecule has 78 valence electrons. The number of fused-ring (bicyclic) bond motifs is 5. The van der Waals surface area contributed by atoms with Crippen LogP contribution in [0.15, 0.2) is 48.5 Å². The van der Waals surface area contributed by atoms with Gasteiger partial charge >= 0.3 is 0 Å². The molecule has 0 nitrogen and oxygen atoms in total. The van der Waals surface area contributed by atoms with Crippen LogP contribution in [0.1, 0.15) is 40.5 Å². The summed E-state index contributed by atoms with van der Waals surface area (Å²) in [5.74, 6) is 1.61. The average molecular weight is 206 g/mol. The first kappa shape index (κ1) is 8.58. The highest BCUT2D eigenvalue weighted by atomic mass is 14.5. The number of hydrogen-bond acceptors (Lipinski definition) is 0. The van der Waals surface area contributed by atoms with E-state index >= 15 is 0 Å². The lowest BCUT2D eigenvalue weighted by atomic mass is 9.98. The van der Waals surface area contributed by atoms with E-state index < -0.39 is 0 Å². The van der Waals surface area contributed by atoms with E-state index in [1.54, 1.807) is 22.3 Å². The predicted octanol–water partition coefficient (Wildman–Crippen LogP) is 3.86. The lowest BCUT2D eigenvalue weighted by Crippen LogP contribution is -1.93. The van der Waals surface area contributed by atoms with Crippen molar-refractivity contribution in [1.82, 2.24) is 0 Å². The Balaban J connectivity index is 1.94. The molecule has 2 unspecified atom stereocenters. The predicted molar refractivity (Wildman–Crippen MR) is 65.8 cm³/mol. The number of benzene rings is 2. The van der Waals surface area contributed by atoms with Crippen molar-refractivity contribution in [2.45, 2.75) is 24.7 Å². The molecule has 16 heavy (non-hydrogen) atoms. The van der Waals surface area contributed by atoms with Gasteiger partial charge in [-0.3, -0.25) is 0 Å². The Bertz CT molecular complexity index is 504. The fraction of sp³-hybridized carbons (Fsp3) is 0.250. The molecule has 0 bridgehead atoms. The average Bonchev–Trinajstić information content (AvgIpc) is 3.09. The third kappa shape index (κ3) is 1.10. The van der Waals surface area contributed by atoms with Gasteiger partial charge in [-0.1, -0.05) is 48.5 Å². The van der Waals surface area contributed by atoms with Gasteiger partial charge in [-0.25, -0.2) is 0 Å². The molecule has 0 radical (unpaired) electrons. The third-order valence-electron chi connectivity index (χ3n) is 4.08. The molecule has 0 spiro atoms. The molecule has 2 aromatic carbocycles. The summed E-state index contributed by atoms with van der Waals surface area (Å²) in [5, 5.41) is 0. The van der Waals surface area contributed by atoms with Gasteiger partial charge in [0.1, 0.15) is 0 Å². The molecule has 1 fully saturated rings. The summed E-state index contributed by atoms with van der Waals surface area (Å²) in [6, 6.07) is 18.0. The van der Waals surface area contributed by atoms with Crippen molar-refractivity contribution in [3.63, 3.8) is 0 Å². The lowest BCUT2D eigenvalue weighted by molar-refractivity contribution is 1.03. The van der Waals surface area contributed by atoms with Crippen LogP contribution in [0.5, 0.6) is 0 Å². The van der Waals surface area contributed by atoms with Crippen LogP contribution in [0.3, 0.4) is 0 Å². The van der Waals surface area contributed by atoms with Crippen LogP contribution in [0.2, 0.25) is 0 Å². The fourth-order valence-electron chi connectivity index (χ4n) is 3.20. The highest BCUT2D eigenvalue weighted by molar-refractivity contribution is 5.49. The van der Waals surface area contributed by atoms with Gasteiger partial charge in [0.25, 0.3) is 0 Å². The van der Waals surface area contributed by atoms with Crippen LogP contribution >= 0.6 is 0 Å². The van der Waals surface area contributed by atoms with E-state index in [1.165, 1.54) is 6.42 Å². The van der Waals surface area contributed by atoms with Crippen molar-refractivity contribution >= 4 is 0 Å². The minimum absolute atomic E-state index is 0.805. The second-order valence-corrected chi connectivity index (χ2v) is 5.02. The first-order valence-corrected chi connectivity index (χ1v) is 6.09. The molecule has 2 aliphatic rings. The van der Waals surface area contributed by atoms with Crippen LogP contribution < -0.4 is 0 Å². The Morgan fingerprint density at radius 3 is 1.75 bits per heavy atom. The third-order valence-corrected chi connectivity index (χ3v) is 4.08. The van der Waals surface area contributed by atoms with Gasteiger partial charge in [0.05, 0.1) is 0 Å². The first-order valence-electron chi connectivity index (χ1n) is 6.09. The number of hydrogen-bond donors (Lipinski definition) is 0. The van der Waals surface area contributed by atoms with E-state index in [2.05, 4.69) is 48.5 Å². The van der Waals surface area contributed by atoms with E-state index in [9.17, 15) is 0 Å². The second kappa shape index (κ2) is 2.98. The largest absolute Gasteiger partial charge is 0.0620 e. The second-order valence-electron chi connectivity index (χ2n) is 5.02. The van der Waals surface area contributed by atoms with E-state index in [4.69, 9.17) is 0 Å². The van der Waals surface area contributed by atoms with Gasteiger partial charge in [-0.2, -0.15) is 0 Å². The quantitative estimate of drug-likeness (QED) is 0.614. The van der Waals surface area contributed by atoms with Gasteiger partial charge in [0.2, 0.25) is 0 Å². The van der Waals surface area contributed by atoms with Gasteiger partial charge in [0, 0.05) is 0 Å². The molecular weight excluding hydrogens is 192 g/mol. The summed E-state index contributed by atoms with van der Waals surface area (Å²) >= 11 is 0. The van der Waals surface area contributed by atoms with Gasteiger partial charge in [-0.15, -0.1) is 0 Å². The summed E-state index contributed by atoms with van der Waals surface area (Å²) in [5.41, 5.74) is 6.28. The van der Waals surface area contributed by atoms with Crippen molar-refractivity contribution < 1.29 is 0 Å². The maximum atomic E-state index is 2.33. The molecule has 0 saturated heterocycles. The summed E-state index contributed by atoms with van der Waals surface area (Å²) in [6.45, 7) is 0. The van der Waals surface area contributed by atoms with Gasteiger partial charge in [0.15, 0.2) is 0 Å². The lowest BCUT2D eigenvalue weighted by Gasteiger charge is -2.07. The Labute approximate surface area is 95.9 Å². The van der Waals surface area contributed by atoms with Crippen LogP contribution in [-0.2, 0) is 6.42 Å². The Hall–Kier alpha value is -1.56. The molecule has 0 N–H and O–H groups in total. The molecule has 0 aromatic heterocycles. The SMILES string of the molecule is c1ccc2c(c1)Cc1ccccc1C1CC21. The molecule has 0 amide bonds. The monoisotopic (exact) mass is 206 g/mol. The normalized spacial score (nSPS) is 25.0. The van der Waals surface area contributed by atoms with Crippen LogP contribution in [0.25, 0.3) is 0 Å². The van der Waals surface area contributed by atoms with Gasteiger partial charge < -0.3 is 0 Å². The first-order chi connectivity index (χ1) is 7.93. The smallest absolute Gasteiger partial charge is 0.00201 e. The minimum atomic E-state index is 0.805. The fourth-order valence-corrected chi connectivity index (χ4v) is 3.20. The van der Waals surface area contributed by atoms with Crippen molar-refractivity contribution in [2.24, 2.45) is 0 Å². The Morgan fingerprint density at radius 2 is 1.19 bits per heavy atom. The molecule has 1 saturated carbocycles. The maximum absolute atomic E-state index is 2.33. The standard InChI is InChI=1S/C16H14/c1-3-7-13-11(5-1)9-12-6-2-4-8-14(12)16-10-15(13)16/h1-8,15-16H,9-10H2. The van der Waals surface area contributed by atoms with Crippen molar-refractivity contribution in [2.75, 3.05) is 0 Å². The molecule has 0 heteroatoms. The highest BCUT2D eigenvalue weighted by Crippen LogP contribution is 2.58. The van der Waals surface area contributed by atoms with E-state index in [0.29, 0.717) is 0 Å². The maximum Gasteiger partial charge on any atom is -0.00201 e. The topological polar surface area (TPSA) is 0 Å². The summed E-state index contributed by atoms with van der Waals surface area (Å²) in [4.78, 5) is 0. The van der Waals surface area contributed by atoms with Crippen molar-refractivity contribution in [3.05, 3.63) is 70.8 Å². The minimum Gasteiger partial charge on any atom is -0.0620 e. The number of rotatable bonds is 0.